The molecule has 1 aromatic heterocycles. The summed E-state index contributed by atoms with van der Waals surface area (Å²) in [5.74, 6) is 0.731. The van der Waals surface area contributed by atoms with Gasteiger partial charge in [-0.25, -0.2) is 9.97 Å². The Bertz CT molecular complexity index is 477. The molecule has 0 amide bonds. The van der Waals surface area contributed by atoms with Crippen molar-refractivity contribution in [3.8, 4) is 11.4 Å². The van der Waals surface area contributed by atoms with Crippen LogP contribution in [0.2, 0.25) is 0 Å². The summed E-state index contributed by atoms with van der Waals surface area (Å²) in [7, 11) is 0. The first-order valence-corrected chi connectivity index (χ1v) is 6.01. The van der Waals surface area contributed by atoms with Crippen LogP contribution in [-0.2, 0) is 0 Å². The maximum Gasteiger partial charge on any atom is 0.161 e. The fraction of sp³-hybridized carbons (Fsp3) is 0.0909. The first kappa shape index (κ1) is 10.8. The summed E-state index contributed by atoms with van der Waals surface area (Å²) in [5.41, 5.74) is 1.95. The normalized spacial score (nSPS) is 10.3. The lowest BCUT2D eigenvalue weighted by Crippen LogP contribution is -1.92. The van der Waals surface area contributed by atoms with E-state index in [-0.39, 0.29) is 0 Å². The first-order chi connectivity index (χ1) is 7.16. The predicted octanol–water partition coefficient (Wildman–Crippen LogP) is 3.98. The summed E-state index contributed by atoms with van der Waals surface area (Å²) in [6.45, 7) is 1.95. The fourth-order valence-electron chi connectivity index (χ4n) is 1.29. The number of aryl methyl sites for hydroxylation is 1. The molecule has 2 rings (SSSR count). The number of halogens is 2. The van der Waals surface area contributed by atoms with E-state index in [1.807, 2.05) is 37.3 Å². The van der Waals surface area contributed by atoms with Crippen molar-refractivity contribution < 1.29 is 0 Å². The molecular weight excluding hydrogens is 320 g/mol. The molecule has 0 spiro atoms. The van der Waals surface area contributed by atoms with Gasteiger partial charge in [-0.1, -0.05) is 34.1 Å². The molecule has 76 valence electrons. The first-order valence-electron chi connectivity index (χ1n) is 4.43. The molecule has 0 radical (unpaired) electrons. The summed E-state index contributed by atoms with van der Waals surface area (Å²) >= 11 is 6.86. The molecule has 0 saturated carbocycles. The van der Waals surface area contributed by atoms with Crippen LogP contribution in [0, 0.1) is 6.92 Å². The molecule has 0 aliphatic rings. The van der Waals surface area contributed by atoms with Gasteiger partial charge in [0.1, 0.15) is 4.60 Å². The standard InChI is InChI=1S/C11H8Br2N2/c1-7-6-10(13)15-11(14-7)8-4-2-3-5-9(8)12/h2-6H,1H3. The van der Waals surface area contributed by atoms with Crippen LogP contribution < -0.4 is 0 Å². The number of hydrogen-bond acceptors (Lipinski definition) is 2. The van der Waals surface area contributed by atoms with E-state index in [2.05, 4.69) is 41.8 Å². The van der Waals surface area contributed by atoms with Crippen LogP contribution in [0.15, 0.2) is 39.4 Å². The van der Waals surface area contributed by atoms with Gasteiger partial charge < -0.3 is 0 Å². The van der Waals surface area contributed by atoms with Gasteiger partial charge in [-0.15, -0.1) is 0 Å². The maximum atomic E-state index is 4.39. The van der Waals surface area contributed by atoms with Crippen molar-refractivity contribution in [2.45, 2.75) is 6.92 Å². The van der Waals surface area contributed by atoms with Crippen LogP contribution >= 0.6 is 31.9 Å². The summed E-state index contributed by atoms with van der Waals surface area (Å²) in [5, 5.41) is 0. The molecule has 0 saturated heterocycles. The van der Waals surface area contributed by atoms with Gasteiger partial charge in [-0.3, -0.25) is 0 Å². The Kier molecular flexibility index (Phi) is 3.17. The number of rotatable bonds is 1. The van der Waals surface area contributed by atoms with Crippen LogP contribution in [0.4, 0.5) is 0 Å². The Balaban J connectivity index is 2.59. The van der Waals surface area contributed by atoms with Gasteiger partial charge in [0.05, 0.1) is 0 Å². The lowest BCUT2D eigenvalue weighted by molar-refractivity contribution is 1.09. The van der Waals surface area contributed by atoms with E-state index < -0.39 is 0 Å². The highest BCUT2D eigenvalue weighted by Crippen LogP contribution is 2.26. The molecule has 0 fully saturated rings. The second-order valence-corrected chi connectivity index (χ2v) is 4.80. The van der Waals surface area contributed by atoms with E-state index in [9.17, 15) is 0 Å². The minimum atomic E-state index is 0.731. The predicted molar refractivity (Wildman–Crippen MR) is 67.6 cm³/mol. The Hall–Kier alpha value is -0.740. The number of aromatic nitrogens is 2. The summed E-state index contributed by atoms with van der Waals surface area (Å²) < 4.78 is 1.81. The van der Waals surface area contributed by atoms with E-state index in [0.717, 1.165) is 26.2 Å². The third-order valence-electron chi connectivity index (χ3n) is 1.94. The van der Waals surface area contributed by atoms with Crippen molar-refractivity contribution >= 4 is 31.9 Å². The lowest BCUT2D eigenvalue weighted by atomic mass is 10.2. The number of hydrogen-bond donors (Lipinski definition) is 0. The highest BCUT2D eigenvalue weighted by atomic mass is 79.9. The molecule has 0 aliphatic heterocycles. The van der Waals surface area contributed by atoms with Crippen LogP contribution in [0.5, 0.6) is 0 Å². The molecule has 0 unspecified atom stereocenters. The van der Waals surface area contributed by atoms with Crippen LogP contribution in [0.1, 0.15) is 5.69 Å². The van der Waals surface area contributed by atoms with Gasteiger partial charge in [0.25, 0.3) is 0 Å². The average Bonchev–Trinajstić information content (AvgIpc) is 2.16. The van der Waals surface area contributed by atoms with Crippen molar-refractivity contribution in [3.05, 3.63) is 45.1 Å². The lowest BCUT2D eigenvalue weighted by Gasteiger charge is -2.04. The van der Waals surface area contributed by atoms with E-state index in [1.54, 1.807) is 0 Å². The van der Waals surface area contributed by atoms with Gasteiger partial charge in [-0.05, 0) is 35.0 Å². The molecule has 0 atom stereocenters. The number of benzene rings is 1. The molecule has 0 aliphatic carbocycles. The molecule has 0 bridgehead atoms. The van der Waals surface area contributed by atoms with Gasteiger partial charge in [0.15, 0.2) is 5.82 Å². The van der Waals surface area contributed by atoms with Crippen LogP contribution in [0.25, 0.3) is 11.4 Å². The minimum Gasteiger partial charge on any atom is -0.233 e. The quantitative estimate of drug-likeness (QED) is 0.740. The summed E-state index contributed by atoms with van der Waals surface area (Å²) in [4.78, 5) is 8.73. The van der Waals surface area contributed by atoms with Crippen molar-refractivity contribution in [2.24, 2.45) is 0 Å². The highest BCUT2D eigenvalue weighted by molar-refractivity contribution is 9.10. The van der Waals surface area contributed by atoms with Crippen LogP contribution in [-0.4, -0.2) is 9.97 Å². The molecule has 0 N–H and O–H groups in total. The van der Waals surface area contributed by atoms with E-state index in [4.69, 9.17) is 0 Å². The average molecular weight is 328 g/mol. The molecule has 1 heterocycles. The molecular formula is C11H8Br2N2. The zero-order valence-corrected chi connectivity index (χ0v) is 11.2. The zero-order valence-electron chi connectivity index (χ0n) is 8.04. The van der Waals surface area contributed by atoms with Gasteiger partial charge in [-0.2, -0.15) is 0 Å². The molecule has 15 heavy (non-hydrogen) atoms. The third-order valence-corrected chi connectivity index (χ3v) is 3.04. The summed E-state index contributed by atoms with van der Waals surface area (Å²) in [6.07, 6.45) is 0. The van der Waals surface area contributed by atoms with Crippen molar-refractivity contribution in [2.75, 3.05) is 0 Å². The van der Waals surface area contributed by atoms with Crippen LogP contribution in [0.3, 0.4) is 0 Å². The molecule has 1 aromatic carbocycles. The monoisotopic (exact) mass is 326 g/mol. The maximum absolute atomic E-state index is 4.39. The van der Waals surface area contributed by atoms with E-state index >= 15 is 0 Å². The zero-order chi connectivity index (χ0) is 10.8. The molecule has 4 heteroatoms. The topological polar surface area (TPSA) is 25.8 Å². The number of nitrogens with zero attached hydrogens (tertiary/aromatic N) is 2. The minimum absolute atomic E-state index is 0.731. The second-order valence-electron chi connectivity index (χ2n) is 3.14. The van der Waals surface area contributed by atoms with Gasteiger partial charge in [0, 0.05) is 15.7 Å². The molecule has 2 nitrogen and oxygen atoms in total. The van der Waals surface area contributed by atoms with Gasteiger partial charge in [0.2, 0.25) is 0 Å². The second kappa shape index (κ2) is 4.41. The highest BCUT2D eigenvalue weighted by Gasteiger charge is 2.06. The summed E-state index contributed by atoms with van der Waals surface area (Å²) in [6, 6.07) is 9.80. The fourth-order valence-corrected chi connectivity index (χ4v) is 2.25. The van der Waals surface area contributed by atoms with Crippen molar-refractivity contribution in [3.63, 3.8) is 0 Å². The SMILES string of the molecule is Cc1cc(Br)nc(-c2ccccc2Br)n1. The Morgan fingerprint density at radius 2 is 1.80 bits per heavy atom. The molecule has 2 aromatic rings. The third kappa shape index (κ3) is 2.44. The Morgan fingerprint density at radius 1 is 1.07 bits per heavy atom. The van der Waals surface area contributed by atoms with E-state index in [1.165, 1.54) is 0 Å². The van der Waals surface area contributed by atoms with E-state index in [0.29, 0.717) is 0 Å². The Morgan fingerprint density at radius 3 is 2.47 bits per heavy atom. The smallest absolute Gasteiger partial charge is 0.161 e. The van der Waals surface area contributed by atoms with Gasteiger partial charge >= 0.3 is 0 Å². The largest absolute Gasteiger partial charge is 0.233 e. The van der Waals surface area contributed by atoms with Crippen molar-refractivity contribution in [1.82, 2.24) is 9.97 Å². The Labute approximate surface area is 105 Å². The van der Waals surface area contributed by atoms with Crippen molar-refractivity contribution in [1.29, 1.82) is 0 Å².